The van der Waals surface area contributed by atoms with E-state index < -0.39 is 0 Å². The molecule has 0 amide bonds. The number of aryl methyl sites for hydroxylation is 1. The Morgan fingerprint density at radius 2 is 2.06 bits per heavy atom. The van der Waals surface area contributed by atoms with E-state index in [1.807, 2.05) is 0 Å². The quantitative estimate of drug-likeness (QED) is 0.743. The molecule has 0 radical (unpaired) electrons. The fourth-order valence-electron chi connectivity index (χ4n) is 2.07. The molecule has 1 rings (SSSR count). The number of aliphatic hydroxyl groups is 1. The Labute approximate surface area is 111 Å². The lowest BCUT2D eigenvalue weighted by molar-refractivity contribution is 0.289. The number of aliphatic hydroxyl groups excluding tert-OH is 1. The summed E-state index contributed by atoms with van der Waals surface area (Å²) >= 11 is 0. The summed E-state index contributed by atoms with van der Waals surface area (Å²) < 4.78 is 0. The second-order valence-electron chi connectivity index (χ2n) is 4.55. The summed E-state index contributed by atoms with van der Waals surface area (Å²) in [6, 6.07) is 6.63. The van der Waals surface area contributed by atoms with Gasteiger partial charge in [-0.15, -0.1) is 0 Å². The fourth-order valence-corrected chi connectivity index (χ4v) is 2.07. The van der Waals surface area contributed by atoms with Gasteiger partial charge in [-0.1, -0.05) is 13.0 Å². The van der Waals surface area contributed by atoms with Gasteiger partial charge in [0.15, 0.2) is 0 Å². The molecule has 0 saturated heterocycles. The van der Waals surface area contributed by atoms with E-state index in [-0.39, 0.29) is 6.61 Å². The van der Waals surface area contributed by atoms with Gasteiger partial charge in [-0.3, -0.25) is 0 Å². The van der Waals surface area contributed by atoms with E-state index in [1.54, 1.807) is 0 Å². The lowest BCUT2D eigenvalue weighted by atomic mass is 10.1. The summed E-state index contributed by atoms with van der Waals surface area (Å²) in [4.78, 5) is 2.31. The maximum atomic E-state index is 8.92. The van der Waals surface area contributed by atoms with Crippen LogP contribution in [0.3, 0.4) is 0 Å². The number of nitrogens with one attached hydrogen (secondary N) is 1. The standard InChI is InChI=1S/C15H26N2O/c1-4-16-12-14-7-8-15(11-13(14)3)17(5-2)9-6-10-18/h7-8,11,16,18H,4-6,9-10,12H2,1-3H3. The number of benzene rings is 1. The van der Waals surface area contributed by atoms with Crippen LogP contribution in [0.15, 0.2) is 18.2 Å². The first-order valence-corrected chi connectivity index (χ1v) is 6.89. The minimum atomic E-state index is 0.258. The van der Waals surface area contributed by atoms with Crippen LogP contribution in [0.1, 0.15) is 31.4 Å². The van der Waals surface area contributed by atoms with Gasteiger partial charge in [-0.25, -0.2) is 0 Å². The molecule has 0 aliphatic rings. The molecule has 0 unspecified atom stereocenters. The summed E-state index contributed by atoms with van der Waals surface area (Å²) in [6.45, 7) is 10.5. The van der Waals surface area contributed by atoms with Crippen LogP contribution >= 0.6 is 0 Å². The van der Waals surface area contributed by atoms with E-state index in [9.17, 15) is 0 Å². The topological polar surface area (TPSA) is 35.5 Å². The molecule has 0 bridgehead atoms. The van der Waals surface area contributed by atoms with Gasteiger partial charge in [0.1, 0.15) is 0 Å². The van der Waals surface area contributed by atoms with Crippen molar-refractivity contribution >= 4 is 5.69 Å². The first kappa shape index (κ1) is 15.0. The van der Waals surface area contributed by atoms with E-state index in [0.717, 1.165) is 32.6 Å². The monoisotopic (exact) mass is 250 g/mol. The van der Waals surface area contributed by atoms with Crippen molar-refractivity contribution in [2.45, 2.75) is 33.7 Å². The maximum Gasteiger partial charge on any atom is 0.0447 e. The Kier molecular flexibility index (Phi) is 6.76. The third-order valence-electron chi connectivity index (χ3n) is 3.22. The van der Waals surface area contributed by atoms with Crippen molar-refractivity contribution in [3.63, 3.8) is 0 Å². The summed E-state index contributed by atoms with van der Waals surface area (Å²) in [7, 11) is 0. The largest absolute Gasteiger partial charge is 0.396 e. The lowest BCUT2D eigenvalue weighted by Crippen LogP contribution is -2.24. The van der Waals surface area contributed by atoms with Crippen LogP contribution in [0.25, 0.3) is 0 Å². The minimum absolute atomic E-state index is 0.258. The number of hydrogen-bond acceptors (Lipinski definition) is 3. The molecule has 0 atom stereocenters. The molecule has 2 N–H and O–H groups in total. The van der Waals surface area contributed by atoms with Gasteiger partial charge in [0.05, 0.1) is 0 Å². The summed E-state index contributed by atoms with van der Waals surface area (Å²) in [5.41, 5.74) is 3.94. The summed E-state index contributed by atoms with van der Waals surface area (Å²) in [5.74, 6) is 0. The molecule has 0 aromatic heterocycles. The van der Waals surface area contributed by atoms with E-state index >= 15 is 0 Å². The van der Waals surface area contributed by atoms with Gasteiger partial charge < -0.3 is 15.3 Å². The van der Waals surface area contributed by atoms with E-state index in [2.05, 4.69) is 49.2 Å². The van der Waals surface area contributed by atoms with Gasteiger partial charge in [-0.05, 0) is 50.1 Å². The fraction of sp³-hybridized carbons (Fsp3) is 0.600. The number of nitrogens with zero attached hydrogens (tertiary/aromatic N) is 1. The van der Waals surface area contributed by atoms with Crippen molar-refractivity contribution in [3.05, 3.63) is 29.3 Å². The van der Waals surface area contributed by atoms with Crippen molar-refractivity contribution in [3.8, 4) is 0 Å². The Morgan fingerprint density at radius 3 is 2.61 bits per heavy atom. The predicted octanol–water partition coefficient (Wildman–Crippen LogP) is 2.31. The minimum Gasteiger partial charge on any atom is -0.396 e. The van der Waals surface area contributed by atoms with Crippen molar-refractivity contribution in [2.24, 2.45) is 0 Å². The zero-order valence-electron chi connectivity index (χ0n) is 11.9. The number of rotatable bonds is 8. The molecule has 3 nitrogen and oxygen atoms in total. The highest BCUT2D eigenvalue weighted by molar-refractivity contribution is 5.50. The average Bonchev–Trinajstić information content (AvgIpc) is 2.38. The van der Waals surface area contributed by atoms with Crippen LogP contribution in [0.2, 0.25) is 0 Å². The molecule has 0 aliphatic heterocycles. The smallest absolute Gasteiger partial charge is 0.0447 e. The molecule has 0 spiro atoms. The third kappa shape index (κ3) is 4.31. The van der Waals surface area contributed by atoms with Gasteiger partial charge in [0.2, 0.25) is 0 Å². The van der Waals surface area contributed by atoms with Gasteiger partial charge in [-0.2, -0.15) is 0 Å². The van der Waals surface area contributed by atoms with Crippen LogP contribution in [0.5, 0.6) is 0 Å². The van der Waals surface area contributed by atoms with E-state index in [0.29, 0.717) is 0 Å². The highest BCUT2D eigenvalue weighted by Gasteiger charge is 2.06. The van der Waals surface area contributed by atoms with Crippen LogP contribution in [0, 0.1) is 6.92 Å². The normalized spacial score (nSPS) is 10.7. The Bertz CT molecular complexity index is 352. The first-order valence-electron chi connectivity index (χ1n) is 6.89. The van der Waals surface area contributed by atoms with Crippen molar-refractivity contribution < 1.29 is 5.11 Å². The zero-order valence-corrected chi connectivity index (χ0v) is 11.9. The molecule has 18 heavy (non-hydrogen) atoms. The lowest BCUT2D eigenvalue weighted by Gasteiger charge is -2.24. The molecule has 1 aromatic rings. The Hall–Kier alpha value is -1.06. The number of hydrogen-bond donors (Lipinski definition) is 2. The SMILES string of the molecule is CCNCc1ccc(N(CC)CCCO)cc1C. The van der Waals surface area contributed by atoms with Gasteiger partial charge in [0.25, 0.3) is 0 Å². The van der Waals surface area contributed by atoms with Crippen LogP contribution in [-0.2, 0) is 6.54 Å². The van der Waals surface area contributed by atoms with Crippen molar-refractivity contribution in [1.29, 1.82) is 0 Å². The molecular formula is C15H26N2O. The molecule has 0 saturated carbocycles. The Balaban J connectivity index is 2.74. The molecule has 102 valence electrons. The van der Waals surface area contributed by atoms with Crippen LogP contribution in [0.4, 0.5) is 5.69 Å². The van der Waals surface area contributed by atoms with Crippen LogP contribution < -0.4 is 10.2 Å². The summed E-state index contributed by atoms with van der Waals surface area (Å²) in [5, 5.41) is 12.3. The van der Waals surface area contributed by atoms with Crippen molar-refractivity contribution in [1.82, 2.24) is 5.32 Å². The molecular weight excluding hydrogens is 224 g/mol. The molecule has 0 aliphatic carbocycles. The zero-order chi connectivity index (χ0) is 13.4. The van der Waals surface area contributed by atoms with E-state index in [1.165, 1.54) is 16.8 Å². The van der Waals surface area contributed by atoms with Crippen molar-refractivity contribution in [2.75, 3.05) is 31.1 Å². The second-order valence-corrected chi connectivity index (χ2v) is 4.55. The summed E-state index contributed by atoms with van der Waals surface area (Å²) in [6.07, 6.45) is 0.825. The molecule has 0 heterocycles. The first-order chi connectivity index (χ1) is 8.72. The molecule has 3 heteroatoms. The maximum absolute atomic E-state index is 8.92. The van der Waals surface area contributed by atoms with Crippen LogP contribution in [-0.4, -0.2) is 31.3 Å². The van der Waals surface area contributed by atoms with E-state index in [4.69, 9.17) is 5.11 Å². The molecule has 1 aromatic carbocycles. The van der Waals surface area contributed by atoms with Gasteiger partial charge in [0, 0.05) is 31.9 Å². The predicted molar refractivity (Wildman–Crippen MR) is 78.1 cm³/mol. The second kappa shape index (κ2) is 8.11. The highest BCUT2D eigenvalue weighted by Crippen LogP contribution is 2.19. The third-order valence-corrected chi connectivity index (χ3v) is 3.22. The van der Waals surface area contributed by atoms with Gasteiger partial charge >= 0.3 is 0 Å². The number of anilines is 1. The Morgan fingerprint density at radius 1 is 1.28 bits per heavy atom. The molecule has 0 fully saturated rings. The highest BCUT2D eigenvalue weighted by atomic mass is 16.3. The average molecular weight is 250 g/mol.